The van der Waals surface area contributed by atoms with E-state index >= 15 is 0 Å². The molecule has 20 heavy (non-hydrogen) atoms. The Morgan fingerprint density at radius 1 is 1.30 bits per heavy atom. The first-order valence-electron chi connectivity index (χ1n) is 7.25. The number of likely N-dealkylation sites (tertiary alicyclic amines) is 1. The summed E-state index contributed by atoms with van der Waals surface area (Å²) < 4.78 is 5.86. The highest BCUT2D eigenvalue weighted by Gasteiger charge is 2.28. The molecule has 1 aliphatic rings. The molecule has 4 nitrogen and oxygen atoms in total. The first-order valence-corrected chi connectivity index (χ1v) is 8.12. The predicted octanol–water partition coefficient (Wildman–Crippen LogP) is 3.84. The second kappa shape index (κ2) is 5.66. The number of nitrogens with zero attached hydrogens (tertiary/aromatic N) is 3. The van der Waals surface area contributed by atoms with E-state index in [2.05, 4.69) is 35.9 Å². The van der Waals surface area contributed by atoms with Crippen molar-refractivity contribution in [2.24, 2.45) is 11.8 Å². The van der Waals surface area contributed by atoms with Gasteiger partial charge < -0.3 is 4.42 Å². The standard InChI is InChI=1S/C15H21N3OS/c1-10-7-11(2)9-18(8-10)12(3)14-16-17-15(19-14)13-5-4-6-20-13/h4-6,10-12H,7-9H2,1-3H3/t10-,11+,12-/m1/s1. The molecule has 0 unspecified atom stereocenters. The number of hydrogen-bond donors (Lipinski definition) is 0. The molecule has 3 rings (SSSR count). The Morgan fingerprint density at radius 2 is 2.05 bits per heavy atom. The lowest BCUT2D eigenvalue weighted by molar-refractivity contribution is 0.0903. The fourth-order valence-corrected chi connectivity index (χ4v) is 3.73. The topological polar surface area (TPSA) is 42.2 Å². The van der Waals surface area contributed by atoms with Crippen molar-refractivity contribution in [2.45, 2.75) is 33.2 Å². The molecule has 0 amide bonds. The maximum atomic E-state index is 5.86. The molecule has 0 N–H and O–H groups in total. The fraction of sp³-hybridized carbons (Fsp3) is 0.600. The van der Waals surface area contributed by atoms with Crippen LogP contribution in [0.4, 0.5) is 0 Å². The first-order chi connectivity index (χ1) is 9.63. The van der Waals surface area contributed by atoms with Crippen LogP contribution in [0, 0.1) is 11.8 Å². The summed E-state index contributed by atoms with van der Waals surface area (Å²) in [5.41, 5.74) is 0. The van der Waals surface area contributed by atoms with Gasteiger partial charge in [-0.15, -0.1) is 21.5 Å². The van der Waals surface area contributed by atoms with Crippen LogP contribution < -0.4 is 0 Å². The minimum atomic E-state index is 0.196. The Hall–Kier alpha value is -1.20. The van der Waals surface area contributed by atoms with Gasteiger partial charge in [0, 0.05) is 13.1 Å². The molecule has 2 aromatic rings. The van der Waals surface area contributed by atoms with Crippen LogP contribution in [0.5, 0.6) is 0 Å². The van der Waals surface area contributed by atoms with Gasteiger partial charge in [0.1, 0.15) is 0 Å². The van der Waals surface area contributed by atoms with Crippen molar-refractivity contribution in [1.29, 1.82) is 0 Å². The Bertz CT molecular complexity index is 541. The van der Waals surface area contributed by atoms with Crippen LogP contribution in [0.15, 0.2) is 21.9 Å². The Labute approximate surface area is 123 Å². The van der Waals surface area contributed by atoms with Gasteiger partial charge in [-0.25, -0.2) is 0 Å². The molecular formula is C15H21N3OS. The quantitative estimate of drug-likeness (QED) is 0.861. The van der Waals surface area contributed by atoms with Gasteiger partial charge in [-0.1, -0.05) is 19.9 Å². The van der Waals surface area contributed by atoms with Crippen LogP contribution in [-0.4, -0.2) is 28.2 Å². The molecular weight excluding hydrogens is 270 g/mol. The molecule has 1 saturated heterocycles. The normalized spacial score (nSPS) is 25.8. The summed E-state index contributed by atoms with van der Waals surface area (Å²) >= 11 is 1.63. The third-order valence-corrected chi connectivity index (χ3v) is 4.83. The maximum absolute atomic E-state index is 5.86. The third kappa shape index (κ3) is 2.79. The van der Waals surface area contributed by atoms with Crippen molar-refractivity contribution < 1.29 is 4.42 Å². The maximum Gasteiger partial charge on any atom is 0.257 e. The molecule has 0 aliphatic carbocycles. The van der Waals surface area contributed by atoms with E-state index in [1.165, 1.54) is 6.42 Å². The van der Waals surface area contributed by atoms with Crippen molar-refractivity contribution in [3.63, 3.8) is 0 Å². The molecule has 1 fully saturated rings. The number of thiophene rings is 1. The van der Waals surface area contributed by atoms with E-state index in [9.17, 15) is 0 Å². The summed E-state index contributed by atoms with van der Waals surface area (Å²) in [5, 5.41) is 10.4. The lowest BCUT2D eigenvalue weighted by Crippen LogP contribution is -2.40. The Balaban J connectivity index is 1.75. The van der Waals surface area contributed by atoms with E-state index in [-0.39, 0.29) is 6.04 Å². The van der Waals surface area contributed by atoms with Crippen molar-refractivity contribution in [3.8, 4) is 10.8 Å². The summed E-state index contributed by atoms with van der Waals surface area (Å²) in [6.45, 7) is 9.03. The summed E-state index contributed by atoms with van der Waals surface area (Å²) in [6.07, 6.45) is 1.31. The van der Waals surface area contributed by atoms with E-state index in [1.54, 1.807) is 11.3 Å². The van der Waals surface area contributed by atoms with Crippen molar-refractivity contribution in [2.75, 3.05) is 13.1 Å². The molecule has 108 valence electrons. The van der Waals surface area contributed by atoms with Gasteiger partial charge in [0.15, 0.2) is 0 Å². The molecule has 0 bridgehead atoms. The predicted molar refractivity (Wildman–Crippen MR) is 80.5 cm³/mol. The fourth-order valence-electron chi connectivity index (χ4n) is 3.09. The average Bonchev–Trinajstić information content (AvgIpc) is 3.07. The Morgan fingerprint density at radius 3 is 2.70 bits per heavy atom. The van der Waals surface area contributed by atoms with E-state index in [0.29, 0.717) is 5.89 Å². The summed E-state index contributed by atoms with van der Waals surface area (Å²) in [5.74, 6) is 2.84. The minimum absolute atomic E-state index is 0.196. The Kier molecular flexibility index (Phi) is 3.89. The molecule has 1 aliphatic heterocycles. The van der Waals surface area contributed by atoms with E-state index in [4.69, 9.17) is 4.42 Å². The monoisotopic (exact) mass is 291 g/mol. The van der Waals surface area contributed by atoms with Crippen molar-refractivity contribution in [1.82, 2.24) is 15.1 Å². The zero-order valence-corrected chi connectivity index (χ0v) is 13.1. The molecule has 5 heteroatoms. The van der Waals surface area contributed by atoms with Gasteiger partial charge in [-0.05, 0) is 36.6 Å². The van der Waals surface area contributed by atoms with Crippen LogP contribution in [0.2, 0.25) is 0 Å². The minimum Gasteiger partial charge on any atom is -0.418 e. The summed E-state index contributed by atoms with van der Waals surface area (Å²) in [4.78, 5) is 3.50. The summed E-state index contributed by atoms with van der Waals surface area (Å²) in [7, 11) is 0. The summed E-state index contributed by atoms with van der Waals surface area (Å²) in [6, 6.07) is 4.21. The van der Waals surface area contributed by atoms with Crippen molar-refractivity contribution >= 4 is 11.3 Å². The van der Waals surface area contributed by atoms with E-state index in [1.807, 2.05) is 17.5 Å². The molecule has 0 radical (unpaired) electrons. The van der Waals surface area contributed by atoms with Crippen LogP contribution in [0.1, 0.15) is 39.1 Å². The molecule has 3 atom stereocenters. The van der Waals surface area contributed by atoms with Crippen LogP contribution in [0.25, 0.3) is 10.8 Å². The molecule has 0 spiro atoms. The number of rotatable bonds is 3. The zero-order chi connectivity index (χ0) is 14.1. The van der Waals surface area contributed by atoms with E-state index in [0.717, 1.165) is 35.7 Å². The third-order valence-electron chi connectivity index (χ3n) is 3.97. The zero-order valence-electron chi connectivity index (χ0n) is 12.2. The molecule has 3 heterocycles. The van der Waals surface area contributed by atoms with Gasteiger partial charge in [-0.3, -0.25) is 4.90 Å². The van der Waals surface area contributed by atoms with Crippen LogP contribution in [0.3, 0.4) is 0 Å². The van der Waals surface area contributed by atoms with Gasteiger partial charge >= 0.3 is 0 Å². The van der Waals surface area contributed by atoms with Crippen LogP contribution >= 0.6 is 11.3 Å². The second-order valence-corrected chi connectivity index (χ2v) is 6.95. The first kappa shape index (κ1) is 13.8. The lowest BCUT2D eigenvalue weighted by atomic mass is 9.91. The highest BCUT2D eigenvalue weighted by Crippen LogP contribution is 2.30. The van der Waals surface area contributed by atoms with Crippen molar-refractivity contribution in [3.05, 3.63) is 23.4 Å². The number of hydrogen-bond acceptors (Lipinski definition) is 5. The van der Waals surface area contributed by atoms with E-state index < -0.39 is 0 Å². The SMILES string of the molecule is C[C@@H]1C[C@H](C)CN([C@H](C)c2nnc(-c3cccs3)o2)C1. The number of aromatic nitrogens is 2. The molecule has 2 aromatic heterocycles. The van der Waals surface area contributed by atoms with Gasteiger partial charge in [0.2, 0.25) is 5.89 Å². The van der Waals surface area contributed by atoms with Gasteiger partial charge in [-0.2, -0.15) is 0 Å². The molecule has 0 aromatic carbocycles. The van der Waals surface area contributed by atoms with Gasteiger partial charge in [0.05, 0.1) is 10.9 Å². The molecule has 0 saturated carbocycles. The smallest absolute Gasteiger partial charge is 0.257 e. The highest BCUT2D eigenvalue weighted by molar-refractivity contribution is 7.13. The second-order valence-electron chi connectivity index (χ2n) is 6.00. The number of piperidine rings is 1. The largest absolute Gasteiger partial charge is 0.418 e. The highest BCUT2D eigenvalue weighted by atomic mass is 32.1. The lowest BCUT2D eigenvalue weighted by Gasteiger charge is -2.37. The average molecular weight is 291 g/mol. The van der Waals surface area contributed by atoms with Gasteiger partial charge in [0.25, 0.3) is 5.89 Å². The van der Waals surface area contributed by atoms with Crippen LogP contribution in [-0.2, 0) is 0 Å².